The van der Waals surface area contributed by atoms with Gasteiger partial charge >= 0.3 is 12.0 Å². The molecule has 0 saturated heterocycles. The van der Waals surface area contributed by atoms with E-state index < -0.39 is 29.2 Å². The Bertz CT molecular complexity index is 1630. The average molecular weight is 607 g/mol. The summed E-state index contributed by atoms with van der Waals surface area (Å²) in [6.07, 6.45) is 0.363. The number of aliphatic hydroxyl groups is 1. The van der Waals surface area contributed by atoms with Gasteiger partial charge in [-0.1, -0.05) is 12.1 Å². The lowest BCUT2D eigenvalue weighted by Gasteiger charge is -2.28. The molecule has 2 aromatic carbocycles. The third-order valence-corrected chi connectivity index (χ3v) is 6.87. The maximum atomic E-state index is 12.4. The molecule has 14 nitrogen and oxygen atoms in total. The summed E-state index contributed by atoms with van der Waals surface area (Å²) in [5.74, 6) is 0.101. The third-order valence-electron chi connectivity index (χ3n) is 6.87. The van der Waals surface area contributed by atoms with Crippen LogP contribution in [0.15, 0.2) is 64.9 Å². The highest BCUT2D eigenvalue weighted by Crippen LogP contribution is 2.35. The van der Waals surface area contributed by atoms with E-state index in [1.54, 1.807) is 50.4 Å². The van der Waals surface area contributed by atoms with E-state index in [0.29, 0.717) is 35.1 Å². The number of nitro benzene ring substituents is 1. The summed E-state index contributed by atoms with van der Waals surface area (Å²) in [5, 5.41) is 31.1. The van der Waals surface area contributed by atoms with Crippen molar-refractivity contribution in [3.8, 4) is 17.2 Å². The van der Waals surface area contributed by atoms with Crippen LogP contribution in [0.5, 0.6) is 11.5 Å². The number of nitrogens with zero attached hydrogens (tertiary/aromatic N) is 3. The van der Waals surface area contributed by atoms with Gasteiger partial charge in [0.1, 0.15) is 6.61 Å². The van der Waals surface area contributed by atoms with Crippen LogP contribution in [0.25, 0.3) is 5.69 Å². The Balaban J connectivity index is 1.44. The van der Waals surface area contributed by atoms with Crippen LogP contribution in [0.2, 0.25) is 0 Å². The number of urea groups is 1. The number of esters is 1. The molecular weight excluding hydrogens is 572 g/mol. The van der Waals surface area contributed by atoms with Gasteiger partial charge in [0.05, 0.1) is 42.2 Å². The molecule has 44 heavy (non-hydrogen) atoms. The Labute approximate surface area is 253 Å². The maximum Gasteiger partial charge on any atom is 0.337 e. The van der Waals surface area contributed by atoms with E-state index in [1.165, 1.54) is 19.2 Å². The van der Waals surface area contributed by atoms with E-state index in [1.807, 2.05) is 24.5 Å². The van der Waals surface area contributed by atoms with Crippen LogP contribution in [0.3, 0.4) is 0 Å². The molecule has 232 valence electrons. The predicted octanol–water partition coefficient (Wildman–Crippen LogP) is 3.52. The molecule has 2 atom stereocenters. The molecule has 14 heteroatoms. The number of amides is 2. The van der Waals surface area contributed by atoms with E-state index in [0.717, 1.165) is 17.0 Å². The van der Waals surface area contributed by atoms with E-state index in [4.69, 9.17) is 14.2 Å². The predicted molar refractivity (Wildman–Crippen MR) is 161 cm³/mol. The molecule has 1 aliphatic rings. The summed E-state index contributed by atoms with van der Waals surface area (Å²) in [6, 6.07) is 12.0. The number of nitro groups is 1. The van der Waals surface area contributed by atoms with E-state index in [2.05, 4.69) is 21.2 Å². The highest BCUT2D eigenvalue weighted by molar-refractivity contribution is 5.95. The second-order valence-corrected chi connectivity index (χ2v) is 9.85. The Morgan fingerprint density at radius 2 is 1.95 bits per heavy atom. The van der Waals surface area contributed by atoms with Crippen LogP contribution in [-0.4, -0.2) is 59.4 Å². The number of carbonyl (C=O) groups is 2. The largest absolute Gasteiger partial charge is 0.490 e. The van der Waals surface area contributed by atoms with Crippen molar-refractivity contribution in [2.24, 2.45) is 5.10 Å². The van der Waals surface area contributed by atoms with E-state index in [-0.39, 0.29) is 17.9 Å². The fraction of sp³-hybridized carbons (Fsp3) is 0.300. The summed E-state index contributed by atoms with van der Waals surface area (Å²) >= 11 is 0. The number of methoxy groups -OCH3 is 1. The van der Waals surface area contributed by atoms with E-state index >= 15 is 0 Å². The Morgan fingerprint density at radius 1 is 1.18 bits per heavy atom. The summed E-state index contributed by atoms with van der Waals surface area (Å²) in [5.41, 5.74) is 6.89. The van der Waals surface area contributed by atoms with E-state index in [9.17, 15) is 24.8 Å². The molecule has 2 heterocycles. The number of carbonyl (C=O) groups excluding carboxylic acids is 2. The van der Waals surface area contributed by atoms with Gasteiger partial charge in [-0.2, -0.15) is 5.10 Å². The first-order valence-corrected chi connectivity index (χ1v) is 13.7. The molecule has 0 radical (unpaired) electrons. The quantitative estimate of drug-likeness (QED) is 0.0789. The first-order valence-electron chi connectivity index (χ1n) is 13.7. The van der Waals surface area contributed by atoms with Crippen LogP contribution >= 0.6 is 0 Å². The minimum absolute atomic E-state index is 0.00641. The van der Waals surface area contributed by atoms with Gasteiger partial charge in [0.15, 0.2) is 17.7 Å². The zero-order chi connectivity index (χ0) is 32.0. The van der Waals surface area contributed by atoms with Crippen molar-refractivity contribution < 1.29 is 33.8 Å². The SMILES string of the molecule is CCOc1cc([C@H]2NC(=O)NC(C)=C2C(=O)OC)ccc1OC[C@@H](O)N/N=C\c1cc(C)n(-c2cccc([N+](=O)[O-])c2)c1C. The van der Waals surface area contributed by atoms with Crippen LogP contribution < -0.4 is 25.5 Å². The lowest BCUT2D eigenvalue weighted by Crippen LogP contribution is -2.45. The second-order valence-electron chi connectivity index (χ2n) is 9.85. The van der Waals surface area contributed by atoms with Gasteiger partial charge in [0.25, 0.3) is 5.69 Å². The zero-order valence-electron chi connectivity index (χ0n) is 24.9. The molecule has 0 bridgehead atoms. The van der Waals surface area contributed by atoms with Crippen molar-refractivity contribution in [2.75, 3.05) is 20.3 Å². The van der Waals surface area contributed by atoms with Crippen molar-refractivity contribution in [1.82, 2.24) is 20.6 Å². The Morgan fingerprint density at radius 3 is 2.66 bits per heavy atom. The topological polar surface area (TPSA) is 179 Å². The molecular formula is C30H34N6O8. The van der Waals surface area contributed by atoms with Crippen LogP contribution in [0.4, 0.5) is 10.5 Å². The lowest BCUT2D eigenvalue weighted by molar-refractivity contribution is -0.384. The van der Waals surface area contributed by atoms with Crippen molar-refractivity contribution in [1.29, 1.82) is 0 Å². The number of benzene rings is 2. The number of ether oxygens (including phenoxy) is 3. The van der Waals surface area contributed by atoms with Crippen LogP contribution in [-0.2, 0) is 9.53 Å². The Kier molecular flexibility index (Phi) is 9.85. The number of hydrogen-bond acceptors (Lipinski definition) is 10. The molecule has 4 N–H and O–H groups in total. The summed E-state index contributed by atoms with van der Waals surface area (Å²) in [6.45, 7) is 7.30. The highest BCUT2D eigenvalue weighted by atomic mass is 16.6. The Hall–Kier alpha value is -5.37. The number of nitrogens with one attached hydrogen (secondary N) is 3. The summed E-state index contributed by atoms with van der Waals surface area (Å²) < 4.78 is 18.3. The molecule has 1 aromatic heterocycles. The van der Waals surface area contributed by atoms with Gasteiger partial charge in [0, 0.05) is 34.8 Å². The fourth-order valence-electron chi connectivity index (χ4n) is 4.88. The number of rotatable bonds is 12. The zero-order valence-corrected chi connectivity index (χ0v) is 24.9. The molecule has 0 spiro atoms. The highest BCUT2D eigenvalue weighted by Gasteiger charge is 2.32. The molecule has 0 aliphatic carbocycles. The molecule has 0 saturated carbocycles. The van der Waals surface area contributed by atoms with Gasteiger partial charge in [-0.3, -0.25) is 15.5 Å². The van der Waals surface area contributed by atoms with Crippen molar-refractivity contribution >= 4 is 23.9 Å². The minimum Gasteiger partial charge on any atom is -0.490 e. The summed E-state index contributed by atoms with van der Waals surface area (Å²) in [4.78, 5) is 35.3. The molecule has 0 fully saturated rings. The van der Waals surface area contributed by atoms with Crippen molar-refractivity contribution in [3.63, 3.8) is 0 Å². The van der Waals surface area contributed by atoms with Crippen molar-refractivity contribution in [2.45, 2.75) is 40.0 Å². The minimum atomic E-state index is -1.18. The lowest BCUT2D eigenvalue weighted by atomic mass is 9.95. The average Bonchev–Trinajstić information content (AvgIpc) is 3.28. The number of non-ortho nitro benzene ring substituents is 1. The number of aromatic nitrogens is 1. The number of aryl methyl sites for hydroxylation is 1. The first-order chi connectivity index (χ1) is 21.0. The third kappa shape index (κ3) is 6.98. The number of aliphatic hydroxyl groups excluding tert-OH is 1. The van der Waals surface area contributed by atoms with Gasteiger partial charge < -0.3 is 34.5 Å². The number of allylic oxidation sites excluding steroid dienone is 1. The molecule has 3 aromatic rings. The molecule has 1 aliphatic heterocycles. The smallest absolute Gasteiger partial charge is 0.337 e. The second kappa shape index (κ2) is 13.7. The van der Waals surface area contributed by atoms with Gasteiger partial charge in [-0.25, -0.2) is 9.59 Å². The molecule has 2 amide bonds. The van der Waals surface area contributed by atoms with Gasteiger partial charge in [-0.05, 0) is 57.5 Å². The number of hydrogen-bond donors (Lipinski definition) is 4. The van der Waals surface area contributed by atoms with Crippen LogP contribution in [0.1, 0.15) is 42.4 Å². The maximum absolute atomic E-state index is 12.4. The number of hydrazone groups is 1. The molecule has 0 unspecified atom stereocenters. The fourth-order valence-corrected chi connectivity index (χ4v) is 4.88. The van der Waals surface area contributed by atoms with Gasteiger partial charge in [0.2, 0.25) is 0 Å². The first kappa shape index (κ1) is 31.6. The normalized spacial score (nSPS) is 15.4. The molecule has 4 rings (SSSR count). The van der Waals surface area contributed by atoms with Crippen LogP contribution in [0, 0.1) is 24.0 Å². The monoisotopic (exact) mass is 606 g/mol. The van der Waals surface area contributed by atoms with Gasteiger partial charge in [-0.15, -0.1) is 0 Å². The van der Waals surface area contributed by atoms with Crippen molar-refractivity contribution in [3.05, 3.63) is 92.4 Å². The summed E-state index contributed by atoms with van der Waals surface area (Å²) in [7, 11) is 1.26. The standard InChI is InChI=1S/C30H34N6O8/c1-6-43-25-13-20(28-27(29(38)42-5)18(3)32-30(39)33-28)10-11-24(25)44-16-26(37)34-31-15-21-12-17(2)35(19(21)4)22-8-7-9-23(14-22)36(40)41/h7-15,26,28,34,37H,6,16H2,1-5H3,(H2,32,33,39)/b31-15-/t26-,28-/m1/s1.